The Morgan fingerprint density at radius 2 is 1.97 bits per heavy atom. The van der Waals surface area contributed by atoms with Gasteiger partial charge in [0.15, 0.2) is 16.6 Å². The van der Waals surface area contributed by atoms with Gasteiger partial charge in [-0.15, -0.1) is 22.7 Å². The summed E-state index contributed by atoms with van der Waals surface area (Å²) in [6, 6.07) is 3.76. The number of nitrogens with zero attached hydrogens (tertiary/aromatic N) is 4. The van der Waals surface area contributed by atoms with Gasteiger partial charge in [0.1, 0.15) is 16.9 Å². The van der Waals surface area contributed by atoms with E-state index in [1.54, 1.807) is 37.6 Å². The maximum absolute atomic E-state index is 13.4. The molecule has 0 aromatic carbocycles. The van der Waals surface area contributed by atoms with E-state index in [0.29, 0.717) is 58.1 Å². The third kappa shape index (κ3) is 5.05. The Balaban J connectivity index is 1.14. The van der Waals surface area contributed by atoms with Crippen molar-refractivity contribution < 1.29 is 28.9 Å². The van der Waals surface area contributed by atoms with E-state index in [4.69, 9.17) is 14.2 Å². The predicted octanol–water partition coefficient (Wildman–Crippen LogP) is 4.15. The van der Waals surface area contributed by atoms with Crippen LogP contribution < -0.4 is 5.32 Å². The highest BCUT2D eigenvalue weighted by Crippen LogP contribution is 2.45. The van der Waals surface area contributed by atoms with Crippen molar-refractivity contribution in [3.8, 4) is 10.6 Å². The Hall–Kier alpha value is -2.97. The Bertz CT molecular complexity index is 1350. The van der Waals surface area contributed by atoms with Crippen LogP contribution in [-0.4, -0.2) is 74.5 Å². The molecule has 39 heavy (non-hydrogen) atoms. The molecule has 1 amide bonds. The summed E-state index contributed by atoms with van der Waals surface area (Å²) in [6.07, 6.45) is 4.11. The Labute approximate surface area is 233 Å². The molecule has 3 saturated heterocycles. The number of fused-ring (bicyclic) bond motifs is 2. The molecule has 2 N–H and O–H groups in total. The lowest BCUT2D eigenvalue weighted by atomic mass is 9.95. The van der Waals surface area contributed by atoms with E-state index in [1.807, 2.05) is 4.90 Å². The maximum atomic E-state index is 13.4. The second-order valence-corrected chi connectivity index (χ2v) is 11.7. The topological polar surface area (TPSA) is 136 Å². The number of hydrogen-bond acceptors (Lipinski definition) is 12. The van der Waals surface area contributed by atoms with Crippen LogP contribution in [0.1, 0.15) is 71.5 Å². The summed E-state index contributed by atoms with van der Waals surface area (Å²) in [6.45, 7) is 4.77. The smallest absolute Gasteiger partial charge is 0.358 e. The largest absolute Gasteiger partial charge is 0.461 e. The Morgan fingerprint density at radius 1 is 1.23 bits per heavy atom. The molecule has 206 valence electrons. The molecule has 13 heteroatoms. The number of ether oxygens (including phenoxy) is 3. The van der Waals surface area contributed by atoms with Crippen LogP contribution in [-0.2, 0) is 14.2 Å². The van der Waals surface area contributed by atoms with Gasteiger partial charge < -0.3 is 29.5 Å². The quantitative estimate of drug-likeness (QED) is 0.398. The lowest BCUT2D eigenvalue weighted by molar-refractivity contribution is -0.194. The third-order valence-corrected chi connectivity index (χ3v) is 9.22. The fraction of sp³-hybridized carbons (Fsp3) is 0.500. The molecule has 11 nitrogen and oxygen atoms in total. The van der Waals surface area contributed by atoms with Crippen molar-refractivity contribution in [1.29, 1.82) is 0 Å². The van der Waals surface area contributed by atoms with Crippen molar-refractivity contribution in [3.05, 3.63) is 40.0 Å². The van der Waals surface area contributed by atoms with Gasteiger partial charge in [-0.2, -0.15) is 0 Å². The van der Waals surface area contributed by atoms with E-state index in [2.05, 4.69) is 20.3 Å². The summed E-state index contributed by atoms with van der Waals surface area (Å²) in [5.74, 6) is -0.548. The minimum Gasteiger partial charge on any atom is -0.461 e. The number of aromatic nitrogens is 3. The number of aliphatic hydroxyl groups excluding tert-OH is 1. The number of aliphatic hydroxyl groups is 1. The first-order valence-electron chi connectivity index (χ1n) is 13.0. The molecular weight excluding hydrogens is 542 g/mol. The lowest BCUT2D eigenvalue weighted by Crippen LogP contribution is -2.53. The number of amides is 1. The molecule has 3 fully saturated rings. The molecule has 3 aliphatic heterocycles. The molecule has 3 aliphatic rings. The van der Waals surface area contributed by atoms with Crippen LogP contribution in [0.4, 0.5) is 10.9 Å². The van der Waals surface area contributed by atoms with Crippen LogP contribution >= 0.6 is 22.7 Å². The number of esters is 1. The van der Waals surface area contributed by atoms with Crippen molar-refractivity contribution in [2.45, 2.75) is 63.5 Å². The van der Waals surface area contributed by atoms with Gasteiger partial charge in [-0.1, -0.05) is 0 Å². The van der Waals surface area contributed by atoms with Crippen molar-refractivity contribution in [2.75, 3.05) is 25.1 Å². The van der Waals surface area contributed by atoms with Crippen LogP contribution in [0.25, 0.3) is 10.6 Å². The van der Waals surface area contributed by atoms with E-state index < -0.39 is 17.9 Å². The molecule has 1 spiro atoms. The summed E-state index contributed by atoms with van der Waals surface area (Å²) in [4.78, 5) is 41.7. The van der Waals surface area contributed by atoms with Gasteiger partial charge in [0.2, 0.25) is 0 Å². The number of carbonyl (C=O) groups is 2. The standard InChI is InChI=1S/C26H29N5O6S2/c1-3-35-24(34)20-21(39-22(30-20)14(2)32)18-13-38-25(28-18)29-19-7-4-15(12-27-19)23(33)31-16-5-6-17(31)11-26(10-16)36-8-9-37-26/h4,7,12-14,16-17,32H,3,5-6,8-11H2,1-2H3,(H,27,28,29)/t14?,16-,17+. The van der Waals surface area contributed by atoms with Crippen LogP contribution in [0.5, 0.6) is 0 Å². The number of anilines is 2. The average molecular weight is 572 g/mol. The summed E-state index contributed by atoms with van der Waals surface area (Å²) < 4.78 is 17.0. The first kappa shape index (κ1) is 26.3. The Morgan fingerprint density at radius 3 is 2.62 bits per heavy atom. The van der Waals surface area contributed by atoms with Gasteiger partial charge in [-0.25, -0.2) is 19.7 Å². The minimum atomic E-state index is -0.816. The average Bonchev–Trinajstić information content (AvgIpc) is 3.71. The van der Waals surface area contributed by atoms with Crippen molar-refractivity contribution in [2.24, 2.45) is 0 Å². The van der Waals surface area contributed by atoms with Gasteiger partial charge in [0.25, 0.3) is 5.91 Å². The SMILES string of the molecule is CCOC(=O)c1nc(C(C)O)sc1-c1csc(Nc2ccc(C(=O)N3[C@@H]4CC[C@H]3CC3(C4)OCCO3)cn2)n1. The monoisotopic (exact) mass is 571 g/mol. The zero-order chi connectivity index (χ0) is 27.1. The molecule has 6 heterocycles. The van der Waals surface area contributed by atoms with Crippen LogP contribution in [0.2, 0.25) is 0 Å². The molecule has 2 bridgehead atoms. The molecule has 0 saturated carbocycles. The minimum absolute atomic E-state index is 0.0171. The second kappa shape index (κ2) is 10.5. The second-order valence-electron chi connectivity index (χ2n) is 9.83. The third-order valence-electron chi connectivity index (χ3n) is 7.21. The number of thiazole rings is 2. The highest BCUT2D eigenvalue weighted by Gasteiger charge is 2.53. The molecule has 6 rings (SSSR count). The first-order valence-corrected chi connectivity index (χ1v) is 14.7. The summed E-state index contributed by atoms with van der Waals surface area (Å²) in [7, 11) is 0. The lowest BCUT2D eigenvalue weighted by Gasteiger charge is -2.43. The molecular formula is C26H29N5O6S2. The van der Waals surface area contributed by atoms with Crippen LogP contribution in [0, 0.1) is 0 Å². The zero-order valence-corrected chi connectivity index (χ0v) is 23.2. The Kier molecular flexibility index (Phi) is 7.10. The summed E-state index contributed by atoms with van der Waals surface area (Å²) in [5, 5.41) is 15.9. The van der Waals surface area contributed by atoms with Gasteiger partial charge in [-0.05, 0) is 38.8 Å². The van der Waals surface area contributed by atoms with Gasteiger partial charge >= 0.3 is 5.97 Å². The fourth-order valence-electron chi connectivity index (χ4n) is 5.54. The van der Waals surface area contributed by atoms with Crippen molar-refractivity contribution >= 4 is 45.5 Å². The fourth-order valence-corrected chi connectivity index (χ4v) is 7.28. The van der Waals surface area contributed by atoms with Crippen LogP contribution in [0.3, 0.4) is 0 Å². The molecule has 3 aromatic heterocycles. The normalized spacial score (nSPS) is 22.3. The number of carbonyl (C=O) groups excluding carboxylic acids is 2. The van der Waals surface area contributed by atoms with Gasteiger partial charge in [0.05, 0.1) is 36.0 Å². The van der Waals surface area contributed by atoms with E-state index in [0.717, 1.165) is 12.8 Å². The highest BCUT2D eigenvalue weighted by molar-refractivity contribution is 7.17. The summed E-state index contributed by atoms with van der Waals surface area (Å²) in [5.41, 5.74) is 1.23. The number of piperidine rings is 1. The molecule has 0 aliphatic carbocycles. The number of hydrogen-bond donors (Lipinski definition) is 2. The van der Waals surface area contributed by atoms with E-state index in [-0.39, 0.29) is 30.3 Å². The van der Waals surface area contributed by atoms with Crippen LogP contribution in [0.15, 0.2) is 23.7 Å². The zero-order valence-electron chi connectivity index (χ0n) is 21.6. The maximum Gasteiger partial charge on any atom is 0.358 e. The van der Waals surface area contributed by atoms with Crippen molar-refractivity contribution in [3.63, 3.8) is 0 Å². The van der Waals surface area contributed by atoms with Gasteiger partial charge in [0, 0.05) is 36.5 Å². The summed E-state index contributed by atoms with van der Waals surface area (Å²) >= 11 is 2.55. The highest BCUT2D eigenvalue weighted by atomic mass is 32.1. The van der Waals surface area contributed by atoms with E-state index in [9.17, 15) is 14.7 Å². The molecule has 0 radical (unpaired) electrons. The molecule has 3 atom stereocenters. The van der Waals surface area contributed by atoms with E-state index in [1.165, 1.54) is 22.7 Å². The van der Waals surface area contributed by atoms with Gasteiger partial charge in [-0.3, -0.25) is 4.79 Å². The first-order chi connectivity index (χ1) is 18.9. The molecule has 1 unspecified atom stereocenters. The number of pyridine rings is 1. The van der Waals surface area contributed by atoms with Crippen molar-refractivity contribution in [1.82, 2.24) is 19.9 Å². The molecule has 3 aromatic rings. The van der Waals surface area contributed by atoms with E-state index >= 15 is 0 Å². The number of nitrogens with one attached hydrogen (secondary N) is 1. The predicted molar refractivity (Wildman–Crippen MR) is 144 cm³/mol. The number of rotatable bonds is 7.